The highest BCUT2D eigenvalue weighted by Gasteiger charge is 2.27. The standard InChI is InChI=1S/C16H23N3.2ClH/c1-3-13(2)16(19-10-8-18-9-11-19)15-7-5-4-6-14(15)12-17;;/h4-7,13,16,18H,3,8-11H2,1-2H3;2*1H/t13?,16-;;/m1../s1. The summed E-state index contributed by atoms with van der Waals surface area (Å²) in [5.41, 5.74) is 2.02. The van der Waals surface area contributed by atoms with Crippen molar-refractivity contribution >= 4 is 24.8 Å². The van der Waals surface area contributed by atoms with Gasteiger partial charge in [-0.15, -0.1) is 24.8 Å². The first-order valence-corrected chi connectivity index (χ1v) is 7.21. The van der Waals surface area contributed by atoms with Gasteiger partial charge in [0, 0.05) is 32.2 Å². The lowest BCUT2D eigenvalue weighted by molar-refractivity contribution is 0.128. The predicted octanol–water partition coefficient (Wildman–Crippen LogP) is 3.39. The molecule has 21 heavy (non-hydrogen) atoms. The first kappa shape index (κ1) is 20.2. The van der Waals surface area contributed by atoms with E-state index < -0.39 is 0 Å². The smallest absolute Gasteiger partial charge is 0.0995 e. The fraction of sp³-hybridized carbons (Fsp3) is 0.562. The molecule has 0 spiro atoms. The van der Waals surface area contributed by atoms with Crippen LogP contribution in [0.5, 0.6) is 0 Å². The summed E-state index contributed by atoms with van der Waals surface area (Å²) in [6.45, 7) is 8.74. The van der Waals surface area contributed by atoms with Crippen molar-refractivity contribution in [2.75, 3.05) is 26.2 Å². The molecule has 1 heterocycles. The van der Waals surface area contributed by atoms with E-state index in [-0.39, 0.29) is 24.8 Å². The molecule has 1 aliphatic heterocycles. The van der Waals surface area contributed by atoms with Gasteiger partial charge < -0.3 is 5.32 Å². The molecule has 1 aromatic rings. The van der Waals surface area contributed by atoms with Crippen LogP contribution in [0.2, 0.25) is 0 Å². The van der Waals surface area contributed by atoms with Gasteiger partial charge in [-0.1, -0.05) is 38.5 Å². The first-order chi connectivity index (χ1) is 9.27. The minimum absolute atomic E-state index is 0. The number of benzene rings is 1. The number of nitrogens with zero attached hydrogens (tertiary/aromatic N) is 2. The van der Waals surface area contributed by atoms with Gasteiger partial charge in [0.2, 0.25) is 0 Å². The van der Waals surface area contributed by atoms with E-state index in [4.69, 9.17) is 0 Å². The third-order valence-electron chi connectivity index (χ3n) is 4.13. The SMILES string of the molecule is CCC(C)[C@H](c1ccccc1C#N)N1CCNCC1.Cl.Cl. The van der Waals surface area contributed by atoms with Crippen molar-refractivity contribution in [1.82, 2.24) is 10.2 Å². The Bertz CT molecular complexity index is 453. The first-order valence-electron chi connectivity index (χ1n) is 7.21. The van der Waals surface area contributed by atoms with E-state index in [0.717, 1.165) is 38.2 Å². The Morgan fingerprint density at radius 3 is 2.43 bits per heavy atom. The van der Waals surface area contributed by atoms with E-state index in [1.165, 1.54) is 5.56 Å². The number of piperazine rings is 1. The Hall–Kier alpha value is -0.790. The van der Waals surface area contributed by atoms with Crippen LogP contribution < -0.4 is 5.32 Å². The zero-order chi connectivity index (χ0) is 13.7. The molecule has 5 heteroatoms. The van der Waals surface area contributed by atoms with Crippen molar-refractivity contribution in [1.29, 1.82) is 5.26 Å². The van der Waals surface area contributed by atoms with Crippen LogP contribution in [0.3, 0.4) is 0 Å². The van der Waals surface area contributed by atoms with E-state index in [9.17, 15) is 5.26 Å². The number of hydrogen-bond donors (Lipinski definition) is 1. The summed E-state index contributed by atoms with van der Waals surface area (Å²) in [5.74, 6) is 0.563. The molecule has 1 aromatic carbocycles. The van der Waals surface area contributed by atoms with Crippen LogP contribution in [0.15, 0.2) is 24.3 Å². The Morgan fingerprint density at radius 1 is 1.24 bits per heavy atom. The molecule has 1 fully saturated rings. The molecular weight excluding hydrogens is 305 g/mol. The molecule has 0 bridgehead atoms. The lowest BCUT2D eigenvalue weighted by Gasteiger charge is -2.38. The molecule has 1 unspecified atom stereocenters. The molecule has 0 saturated carbocycles. The third kappa shape index (κ3) is 4.86. The molecule has 2 rings (SSSR count). The summed E-state index contributed by atoms with van der Waals surface area (Å²) in [7, 11) is 0. The van der Waals surface area contributed by atoms with Crippen molar-refractivity contribution < 1.29 is 0 Å². The molecule has 118 valence electrons. The Balaban J connectivity index is 0.00000200. The minimum atomic E-state index is 0. The summed E-state index contributed by atoms with van der Waals surface area (Å²) in [6, 6.07) is 10.8. The van der Waals surface area contributed by atoms with Crippen LogP contribution >= 0.6 is 24.8 Å². The summed E-state index contributed by atoms with van der Waals surface area (Å²) in [4.78, 5) is 2.53. The van der Waals surface area contributed by atoms with Gasteiger partial charge >= 0.3 is 0 Å². The maximum Gasteiger partial charge on any atom is 0.0995 e. The molecule has 3 nitrogen and oxygen atoms in total. The number of halogens is 2. The van der Waals surface area contributed by atoms with Gasteiger partial charge in [0.05, 0.1) is 11.6 Å². The van der Waals surface area contributed by atoms with Crippen molar-refractivity contribution in [3.63, 3.8) is 0 Å². The average molecular weight is 330 g/mol. The van der Waals surface area contributed by atoms with E-state index in [0.29, 0.717) is 12.0 Å². The average Bonchev–Trinajstić information content (AvgIpc) is 2.49. The number of nitrogens with one attached hydrogen (secondary N) is 1. The van der Waals surface area contributed by atoms with E-state index in [2.05, 4.69) is 36.2 Å². The zero-order valence-electron chi connectivity index (χ0n) is 12.7. The second-order valence-electron chi connectivity index (χ2n) is 5.32. The van der Waals surface area contributed by atoms with Crippen LogP contribution in [0.1, 0.15) is 37.4 Å². The van der Waals surface area contributed by atoms with Gasteiger partial charge in [0.1, 0.15) is 0 Å². The van der Waals surface area contributed by atoms with Crippen molar-refractivity contribution in [2.24, 2.45) is 5.92 Å². The molecule has 1 N–H and O–H groups in total. The van der Waals surface area contributed by atoms with Crippen LogP contribution in [-0.2, 0) is 0 Å². The van der Waals surface area contributed by atoms with Crippen LogP contribution in [0, 0.1) is 17.2 Å². The Labute approximate surface area is 140 Å². The largest absolute Gasteiger partial charge is 0.314 e. The van der Waals surface area contributed by atoms with Crippen LogP contribution in [-0.4, -0.2) is 31.1 Å². The van der Waals surface area contributed by atoms with Crippen molar-refractivity contribution in [3.8, 4) is 6.07 Å². The highest BCUT2D eigenvalue weighted by atomic mass is 35.5. The second-order valence-corrected chi connectivity index (χ2v) is 5.32. The molecule has 0 amide bonds. The van der Waals surface area contributed by atoms with Gasteiger partial charge in [-0.25, -0.2) is 0 Å². The topological polar surface area (TPSA) is 39.1 Å². The van der Waals surface area contributed by atoms with Crippen LogP contribution in [0.4, 0.5) is 0 Å². The van der Waals surface area contributed by atoms with Crippen molar-refractivity contribution in [2.45, 2.75) is 26.3 Å². The fourth-order valence-electron chi connectivity index (χ4n) is 2.90. The number of nitriles is 1. The highest BCUT2D eigenvalue weighted by molar-refractivity contribution is 5.85. The summed E-state index contributed by atoms with van der Waals surface area (Å²) < 4.78 is 0. The van der Waals surface area contributed by atoms with Crippen LogP contribution in [0.25, 0.3) is 0 Å². The summed E-state index contributed by atoms with van der Waals surface area (Å²) in [5, 5.41) is 12.7. The molecule has 1 aliphatic rings. The number of rotatable bonds is 4. The molecular formula is C16H25Cl2N3. The lowest BCUT2D eigenvalue weighted by atomic mass is 9.88. The predicted molar refractivity (Wildman–Crippen MR) is 92.3 cm³/mol. The monoisotopic (exact) mass is 329 g/mol. The third-order valence-corrected chi connectivity index (χ3v) is 4.13. The molecule has 2 atom stereocenters. The van der Waals surface area contributed by atoms with E-state index in [1.54, 1.807) is 0 Å². The molecule has 1 saturated heterocycles. The van der Waals surface area contributed by atoms with E-state index >= 15 is 0 Å². The van der Waals surface area contributed by atoms with Crippen molar-refractivity contribution in [3.05, 3.63) is 35.4 Å². The summed E-state index contributed by atoms with van der Waals surface area (Å²) >= 11 is 0. The van der Waals surface area contributed by atoms with Gasteiger partial charge in [0.25, 0.3) is 0 Å². The molecule has 0 aliphatic carbocycles. The van der Waals surface area contributed by atoms with E-state index in [1.807, 2.05) is 18.2 Å². The minimum Gasteiger partial charge on any atom is -0.314 e. The normalized spacial score (nSPS) is 17.8. The summed E-state index contributed by atoms with van der Waals surface area (Å²) in [6.07, 6.45) is 1.13. The fourth-order valence-corrected chi connectivity index (χ4v) is 2.90. The lowest BCUT2D eigenvalue weighted by Crippen LogP contribution is -2.46. The Morgan fingerprint density at radius 2 is 1.86 bits per heavy atom. The van der Waals surface area contributed by atoms with Gasteiger partial charge in [-0.05, 0) is 17.5 Å². The molecule has 0 radical (unpaired) electrons. The maximum atomic E-state index is 9.34. The van der Waals surface area contributed by atoms with Gasteiger partial charge in [-0.3, -0.25) is 4.90 Å². The zero-order valence-corrected chi connectivity index (χ0v) is 14.3. The second kappa shape index (κ2) is 10.0. The molecule has 0 aromatic heterocycles. The Kier molecular flexibility index (Phi) is 9.65. The highest BCUT2D eigenvalue weighted by Crippen LogP contribution is 2.32. The van der Waals surface area contributed by atoms with Gasteiger partial charge in [0.15, 0.2) is 0 Å². The number of hydrogen-bond acceptors (Lipinski definition) is 3. The quantitative estimate of drug-likeness (QED) is 0.920. The maximum absolute atomic E-state index is 9.34. The van der Waals surface area contributed by atoms with Gasteiger partial charge in [-0.2, -0.15) is 5.26 Å².